The Kier molecular flexibility index (Phi) is 4.39. The van der Waals surface area contributed by atoms with E-state index in [9.17, 15) is 8.78 Å². The van der Waals surface area contributed by atoms with Crippen LogP contribution in [-0.4, -0.2) is 13.1 Å². The first kappa shape index (κ1) is 11.8. The zero-order valence-electron chi connectivity index (χ0n) is 8.34. The summed E-state index contributed by atoms with van der Waals surface area (Å²) < 4.78 is 26.3. The van der Waals surface area contributed by atoms with E-state index < -0.39 is 17.7 Å². The van der Waals surface area contributed by atoms with Gasteiger partial charge in [0.2, 0.25) is 0 Å². The number of benzene rings is 1. The van der Waals surface area contributed by atoms with Crippen LogP contribution in [0.25, 0.3) is 0 Å². The molecule has 1 atom stereocenters. The Labute approximate surface area is 87.8 Å². The molecule has 1 aromatic carbocycles. The second-order valence-electron chi connectivity index (χ2n) is 3.13. The predicted molar refractivity (Wildman–Crippen MR) is 56.4 cm³/mol. The van der Waals surface area contributed by atoms with Gasteiger partial charge in [0, 0.05) is 24.7 Å². The van der Waals surface area contributed by atoms with Crippen molar-refractivity contribution in [1.82, 2.24) is 5.32 Å². The highest BCUT2D eigenvalue weighted by Crippen LogP contribution is 2.18. The van der Waals surface area contributed by atoms with E-state index in [0.717, 1.165) is 6.07 Å². The Morgan fingerprint density at radius 1 is 1.47 bits per heavy atom. The van der Waals surface area contributed by atoms with Crippen LogP contribution >= 0.6 is 0 Å². The van der Waals surface area contributed by atoms with Crippen molar-refractivity contribution in [2.45, 2.75) is 6.04 Å². The zero-order valence-corrected chi connectivity index (χ0v) is 8.34. The number of halogens is 2. The lowest BCUT2D eigenvalue weighted by Gasteiger charge is -2.16. The van der Waals surface area contributed by atoms with Gasteiger partial charge in [-0.3, -0.25) is 0 Å². The molecule has 4 heteroatoms. The molecule has 0 heterocycles. The number of nitrogens with one attached hydrogen (secondary N) is 1. The number of hydrogen-bond acceptors (Lipinski definition) is 2. The third-order valence-corrected chi connectivity index (χ3v) is 2.10. The minimum absolute atomic E-state index is 0.203. The van der Waals surface area contributed by atoms with Gasteiger partial charge in [0.05, 0.1) is 0 Å². The molecular formula is C11H14F2N2. The summed E-state index contributed by atoms with van der Waals surface area (Å²) in [6.07, 6.45) is 1.64. The van der Waals surface area contributed by atoms with Crippen molar-refractivity contribution in [1.29, 1.82) is 0 Å². The quantitative estimate of drug-likeness (QED) is 0.729. The summed E-state index contributed by atoms with van der Waals surface area (Å²) in [5, 5.41) is 2.95. The Hall–Kier alpha value is -1.26. The van der Waals surface area contributed by atoms with Crippen LogP contribution in [0.5, 0.6) is 0 Å². The van der Waals surface area contributed by atoms with Crippen molar-refractivity contribution in [2.75, 3.05) is 13.1 Å². The molecule has 82 valence electrons. The van der Waals surface area contributed by atoms with Crippen LogP contribution in [-0.2, 0) is 0 Å². The molecule has 0 aliphatic heterocycles. The molecule has 1 rings (SSSR count). The van der Waals surface area contributed by atoms with Gasteiger partial charge < -0.3 is 11.1 Å². The summed E-state index contributed by atoms with van der Waals surface area (Å²) in [5.74, 6) is -1.70. The summed E-state index contributed by atoms with van der Waals surface area (Å²) in [6.45, 7) is 4.23. The standard InChI is InChI=1S/C11H14F2N2/c1-2-6-15-10(7-14)8-4-3-5-9(12)11(8)13/h2-5,10,15H,1,6-7,14H2. The van der Waals surface area contributed by atoms with E-state index in [1.54, 1.807) is 6.08 Å². The lowest BCUT2D eigenvalue weighted by Crippen LogP contribution is -2.29. The lowest BCUT2D eigenvalue weighted by molar-refractivity contribution is 0.471. The fourth-order valence-electron chi connectivity index (χ4n) is 1.34. The monoisotopic (exact) mass is 212 g/mol. The molecule has 0 aromatic heterocycles. The van der Waals surface area contributed by atoms with Gasteiger partial charge in [0.1, 0.15) is 0 Å². The first-order valence-electron chi connectivity index (χ1n) is 4.69. The maximum Gasteiger partial charge on any atom is 0.163 e. The van der Waals surface area contributed by atoms with Gasteiger partial charge in [0.25, 0.3) is 0 Å². The number of hydrogen-bond donors (Lipinski definition) is 2. The predicted octanol–water partition coefficient (Wildman–Crippen LogP) is 1.74. The first-order chi connectivity index (χ1) is 7.20. The van der Waals surface area contributed by atoms with Gasteiger partial charge in [-0.25, -0.2) is 8.78 Å². The molecule has 0 bridgehead atoms. The molecule has 1 unspecified atom stereocenters. The largest absolute Gasteiger partial charge is 0.329 e. The van der Waals surface area contributed by atoms with Crippen molar-refractivity contribution in [3.05, 3.63) is 48.1 Å². The summed E-state index contributed by atoms with van der Waals surface area (Å²) in [5.41, 5.74) is 5.73. The average molecular weight is 212 g/mol. The second-order valence-corrected chi connectivity index (χ2v) is 3.13. The SMILES string of the molecule is C=CCNC(CN)c1cccc(F)c1F. The summed E-state index contributed by atoms with van der Waals surface area (Å²) >= 11 is 0. The molecule has 0 aliphatic carbocycles. The van der Waals surface area contributed by atoms with Gasteiger partial charge >= 0.3 is 0 Å². The molecule has 0 fully saturated rings. The highest BCUT2D eigenvalue weighted by atomic mass is 19.2. The van der Waals surface area contributed by atoms with Crippen molar-refractivity contribution < 1.29 is 8.78 Å². The Morgan fingerprint density at radius 3 is 2.80 bits per heavy atom. The summed E-state index contributed by atoms with van der Waals surface area (Å²) in [7, 11) is 0. The van der Waals surface area contributed by atoms with E-state index in [-0.39, 0.29) is 12.1 Å². The Bertz CT molecular complexity index is 339. The minimum Gasteiger partial charge on any atom is -0.329 e. The highest BCUT2D eigenvalue weighted by Gasteiger charge is 2.15. The fourth-order valence-corrected chi connectivity index (χ4v) is 1.34. The van der Waals surface area contributed by atoms with Crippen LogP contribution in [0.1, 0.15) is 11.6 Å². The maximum atomic E-state index is 13.4. The molecule has 0 spiro atoms. The Morgan fingerprint density at radius 2 is 2.20 bits per heavy atom. The van der Waals surface area contributed by atoms with Crippen LogP contribution in [0.15, 0.2) is 30.9 Å². The van der Waals surface area contributed by atoms with Crippen LogP contribution in [0.2, 0.25) is 0 Å². The molecule has 0 amide bonds. The van der Waals surface area contributed by atoms with E-state index in [1.165, 1.54) is 12.1 Å². The van der Waals surface area contributed by atoms with Crippen LogP contribution in [0.4, 0.5) is 8.78 Å². The van der Waals surface area contributed by atoms with Crippen LogP contribution in [0.3, 0.4) is 0 Å². The molecule has 0 radical (unpaired) electrons. The van der Waals surface area contributed by atoms with Crippen LogP contribution in [0, 0.1) is 11.6 Å². The molecule has 0 saturated heterocycles. The maximum absolute atomic E-state index is 13.4. The highest BCUT2D eigenvalue weighted by molar-refractivity contribution is 5.23. The first-order valence-corrected chi connectivity index (χ1v) is 4.69. The lowest BCUT2D eigenvalue weighted by atomic mass is 10.1. The second kappa shape index (κ2) is 5.58. The zero-order chi connectivity index (χ0) is 11.3. The molecule has 0 saturated carbocycles. The molecular weight excluding hydrogens is 198 g/mol. The molecule has 3 N–H and O–H groups in total. The molecule has 0 aliphatic rings. The third-order valence-electron chi connectivity index (χ3n) is 2.10. The summed E-state index contributed by atoms with van der Waals surface area (Å²) in [6, 6.07) is 3.68. The topological polar surface area (TPSA) is 38.0 Å². The van der Waals surface area contributed by atoms with E-state index in [2.05, 4.69) is 11.9 Å². The van der Waals surface area contributed by atoms with Crippen LogP contribution < -0.4 is 11.1 Å². The fraction of sp³-hybridized carbons (Fsp3) is 0.273. The summed E-state index contributed by atoms with van der Waals surface area (Å²) in [4.78, 5) is 0. The average Bonchev–Trinajstić information content (AvgIpc) is 2.25. The van der Waals surface area contributed by atoms with Crippen molar-refractivity contribution in [3.8, 4) is 0 Å². The van der Waals surface area contributed by atoms with E-state index >= 15 is 0 Å². The molecule has 1 aromatic rings. The van der Waals surface area contributed by atoms with Gasteiger partial charge in [-0.1, -0.05) is 18.2 Å². The normalized spacial score (nSPS) is 12.5. The molecule has 15 heavy (non-hydrogen) atoms. The van der Waals surface area contributed by atoms with Crippen molar-refractivity contribution in [2.24, 2.45) is 5.73 Å². The van der Waals surface area contributed by atoms with Gasteiger partial charge in [-0.2, -0.15) is 0 Å². The number of rotatable bonds is 5. The Balaban J connectivity index is 2.90. The van der Waals surface area contributed by atoms with E-state index in [1.807, 2.05) is 0 Å². The van der Waals surface area contributed by atoms with Gasteiger partial charge in [-0.15, -0.1) is 6.58 Å². The van der Waals surface area contributed by atoms with E-state index in [0.29, 0.717) is 6.54 Å². The third kappa shape index (κ3) is 2.84. The van der Waals surface area contributed by atoms with Crippen molar-refractivity contribution in [3.63, 3.8) is 0 Å². The smallest absolute Gasteiger partial charge is 0.163 e. The van der Waals surface area contributed by atoms with E-state index in [4.69, 9.17) is 5.73 Å². The minimum atomic E-state index is -0.855. The number of nitrogens with two attached hydrogens (primary N) is 1. The molecule has 2 nitrogen and oxygen atoms in total. The van der Waals surface area contributed by atoms with Crippen molar-refractivity contribution >= 4 is 0 Å². The van der Waals surface area contributed by atoms with Gasteiger partial charge in [0.15, 0.2) is 11.6 Å². The van der Waals surface area contributed by atoms with Gasteiger partial charge in [-0.05, 0) is 6.07 Å².